The van der Waals surface area contributed by atoms with E-state index >= 15 is 0 Å². The average molecular weight is 398 g/mol. The minimum absolute atomic E-state index is 0.475. The van der Waals surface area contributed by atoms with Crippen LogP contribution in [0.3, 0.4) is 0 Å². The van der Waals surface area contributed by atoms with Crippen LogP contribution in [0.25, 0.3) is 16.7 Å². The normalized spacial score (nSPS) is 10.0. The molecule has 0 aliphatic rings. The van der Waals surface area contributed by atoms with Gasteiger partial charge in [0.15, 0.2) is 5.69 Å². The Kier molecular flexibility index (Phi) is 4.62. The van der Waals surface area contributed by atoms with Gasteiger partial charge in [0.05, 0.1) is 0 Å². The summed E-state index contributed by atoms with van der Waals surface area (Å²) in [6, 6.07) is 3.79. The van der Waals surface area contributed by atoms with Crippen LogP contribution >= 0.6 is 22.6 Å². The fourth-order valence-electron chi connectivity index (χ4n) is 1.66. The van der Waals surface area contributed by atoms with Gasteiger partial charge in [-0.25, -0.2) is 5.10 Å². The van der Waals surface area contributed by atoms with Crippen molar-refractivity contribution in [3.05, 3.63) is 34.6 Å². The van der Waals surface area contributed by atoms with Crippen molar-refractivity contribution in [3.63, 3.8) is 0 Å². The molecule has 0 saturated carbocycles. The molecule has 108 valence electrons. The Morgan fingerprint density at radius 2 is 2.00 bits per heavy atom. The zero-order chi connectivity index (χ0) is 15.4. The molecule has 8 nitrogen and oxygen atoms in total. The van der Waals surface area contributed by atoms with Gasteiger partial charge in [0.2, 0.25) is 6.33 Å². The maximum atomic E-state index is 8.89. The van der Waals surface area contributed by atoms with Crippen LogP contribution in [0.2, 0.25) is 0 Å². The molecule has 3 N–H and O–H groups in total. The van der Waals surface area contributed by atoms with Crippen molar-refractivity contribution < 1.29 is 14.6 Å². The van der Waals surface area contributed by atoms with Gasteiger partial charge in [0.25, 0.3) is 0 Å². The number of carbonyl (C=O) groups is 1. The number of H-pyrrole nitrogens is 1. The third-order valence-corrected chi connectivity index (χ3v) is 3.20. The van der Waals surface area contributed by atoms with E-state index in [1.54, 1.807) is 12.4 Å². The molecule has 3 heterocycles. The van der Waals surface area contributed by atoms with Crippen molar-refractivity contribution in [3.8, 4) is 5.69 Å². The number of carbonyl (C=O) groups excluding carboxylic acids is 1. The molecule has 0 unspecified atom stereocenters. The summed E-state index contributed by atoms with van der Waals surface area (Å²) >= 11 is 2.18. The lowest BCUT2D eigenvalue weighted by Gasteiger charge is -1.93. The quantitative estimate of drug-likeness (QED) is 0.424. The number of anilines is 1. The minimum Gasteiger partial charge on any atom is -0.550 e. The van der Waals surface area contributed by atoms with E-state index in [1.807, 2.05) is 16.8 Å². The van der Waals surface area contributed by atoms with Crippen LogP contribution < -0.4 is 15.5 Å². The van der Waals surface area contributed by atoms with Crippen molar-refractivity contribution in [2.45, 2.75) is 6.92 Å². The standard InChI is InChI=1S/C10H7IN6.C2H4O2/c11-8-7-9(12)14-5-15-10(7)17(16-8)6-1-3-13-4-2-6;1-2(3)4/h1-5H,(H2,12,14,15,16);1H3,(H,3,4). The third-order valence-electron chi connectivity index (χ3n) is 2.42. The van der Waals surface area contributed by atoms with Crippen LogP contribution in [0.5, 0.6) is 0 Å². The zero-order valence-electron chi connectivity index (χ0n) is 10.9. The number of halogens is 1. The number of aromatic amines is 1. The lowest BCUT2D eigenvalue weighted by molar-refractivity contribution is -0.632. The molecule has 3 rings (SSSR count). The fraction of sp³-hybridized carbons (Fsp3) is 0.0833. The van der Waals surface area contributed by atoms with E-state index < -0.39 is 5.97 Å². The van der Waals surface area contributed by atoms with Gasteiger partial charge < -0.3 is 15.6 Å². The summed E-state index contributed by atoms with van der Waals surface area (Å²) in [5.41, 5.74) is 7.55. The Morgan fingerprint density at radius 3 is 2.62 bits per heavy atom. The number of hydrogen-bond acceptors (Lipinski definition) is 6. The second-order valence-electron chi connectivity index (χ2n) is 3.92. The molecule has 0 aliphatic carbocycles. The highest BCUT2D eigenvalue weighted by molar-refractivity contribution is 14.1. The largest absolute Gasteiger partial charge is 0.550 e. The number of carboxylic acid groups (broad SMARTS) is 1. The summed E-state index contributed by atoms with van der Waals surface area (Å²) in [5, 5.41) is 12.9. The Hall–Kier alpha value is -2.30. The predicted octanol–water partition coefficient (Wildman–Crippen LogP) is -0.427. The molecule has 0 amide bonds. The molecular weight excluding hydrogens is 387 g/mol. The van der Waals surface area contributed by atoms with E-state index in [-0.39, 0.29) is 0 Å². The van der Waals surface area contributed by atoms with Crippen molar-refractivity contribution in [1.82, 2.24) is 20.1 Å². The van der Waals surface area contributed by atoms with E-state index in [0.717, 1.165) is 27.3 Å². The Bertz CT molecular complexity index is 770. The highest BCUT2D eigenvalue weighted by Crippen LogP contribution is 2.19. The molecule has 0 radical (unpaired) electrons. The number of pyridine rings is 1. The number of aromatic nitrogens is 5. The lowest BCUT2D eigenvalue weighted by Crippen LogP contribution is -2.33. The number of aliphatic carboxylic acids is 1. The first kappa shape index (κ1) is 15.1. The molecular formula is C12H11IN6O2. The molecule has 9 heteroatoms. The molecule has 0 atom stereocenters. The van der Waals surface area contributed by atoms with Crippen LogP contribution in [-0.2, 0) is 4.79 Å². The van der Waals surface area contributed by atoms with E-state index in [4.69, 9.17) is 15.6 Å². The summed E-state index contributed by atoms with van der Waals surface area (Å²) in [5.74, 6) is -0.608. The number of carboxylic acids is 1. The number of hydrogen-bond donors (Lipinski definition) is 2. The second kappa shape index (κ2) is 6.43. The average Bonchev–Trinajstić information content (AvgIpc) is 2.78. The summed E-state index contributed by atoms with van der Waals surface area (Å²) in [7, 11) is 0. The van der Waals surface area contributed by atoms with Crippen molar-refractivity contribution >= 4 is 45.4 Å². The Balaban J connectivity index is 0.000000361. The van der Waals surface area contributed by atoms with Gasteiger partial charge in [-0.15, -0.1) is 4.68 Å². The summed E-state index contributed by atoms with van der Waals surface area (Å²) in [6.07, 6.45) is 4.91. The summed E-state index contributed by atoms with van der Waals surface area (Å²) < 4.78 is 2.77. The smallest absolute Gasteiger partial charge is 0.362 e. The first-order valence-corrected chi connectivity index (χ1v) is 6.86. The molecule has 0 saturated heterocycles. The molecule has 21 heavy (non-hydrogen) atoms. The first-order valence-electron chi connectivity index (χ1n) is 5.78. The summed E-state index contributed by atoms with van der Waals surface area (Å²) in [4.78, 5) is 21.1. The molecule has 3 aromatic heterocycles. The number of nitrogens with two attached hydrogens (primary N) is 1. The Morgan fingerprint density at radius 1 is 1.38 bits per heavy atom. The van der Waals surface area contributed by atoms with Gasteiger partial charge in [-0.1, -0.05) is 0 Å². The van der Waals surface area contributed by atoms with Crippen LogP contribution in [0.4, 0.5) is 5.82 Å². The molecule has 3 aromatic rings. The highest BCUT2D eigenvalue weighted by Gasteiger charge is 2.21. The fourth-order valence-corrected chi connectivity index (χ4v) is 2.42. The number of fused-ring (bicyclic) bond motifs is 1. The minimum atomic E-state index is -1.08. The van der Waals surface area contributed by atoms with E-state index in [0.29, 0.717) is 5.82 Å². The van der Waals surface area contributed by atoms with Crippen LogP contribution in [0, 0.1) is 3.70 Å². The van der Waals surface area contributed by atoms with Crippen molar-refractivity contribution in [1.29, 1.82) is 0 Å². The predicted molar refractivity (Wildman–Crippen MR) is 81.0 cm³/mol. The van der Waals surface area contributed by atoms with Gasteiger partial charge in [-0.3, -0.25) is 4.98 Å². The van der Waals surface area contributed by atoms with Crippen LogP contribution in [0.1, 0.15) is 6.92 Å². The number of nitrogens with zero attached hydrogens (tertiary/aromatic N) is 4. The lowest BCUT2D eigenvalue weighted by atomic mass is 10.4. The highest BCUT2D eigenvalue weighted by atomic mass is 127. The summed E-state index contributed by atoms with van der Waals surface area (Å²) in [6.45, 7) is 0.972. The molecule has 0 bridgehead atoms. The van der Waals surface area contributed by atoms with Crippen LogP contribution in [0.15, 0.2) is 30.9 Å². The first-order chi connectivity index (χ1) is 10.0. The second-order valence-corrected chi connectivity index (χ2v) is 4.99. The third kappa shape index (κ3) is 3.42. The SMILES string of the molecule is CC(=O)[O-].Nc1ncnc2c1c(I)[nH][n+]2-c1ccncc1. The van der Waals surface area contributed by atoms with Gasteiger partial charge >= 0.3 is 5.65 Å². The number of nitrogen functional groups attached to an aromatic ring is 1. The van der Waals surface area contributed by atoms with Gasteiger partial charge in [0.1, 0.15) is 14.9 Å². The Labute approximate surface area is 133 Å². The van der Waals surface area contributed by atoms with Crippen LogP contribution in [-0.4, -0.2) is 26.0 Å². The number of nitrogens with one attached hydrogen (secondary N) is 1. The topological polar surface area (TPSA) is 124 Å². The zero-order valence-corrected chi connectivity index (χ0v) is 13.1. The van der Waals surface area contributed by atoms with Crippen molar-refractivity contribution in [2.75, 3.05) is 5.73 Å². The van der Waals surface area contributed by atoms with Gasteiger partial charge in [-0.05, 0) is 34.5 Å². The maximum Gasteiger partial charge on any atom is 0.362 e. The molecule has 0 aliphatic heterocycles. The molecule has 0 spiro atoms. The monoisotopic (exact) mass is 398 g/mol. The van der Waals surface area contributed by atoms with Gasteiger partial charge in [0, 0.05) is 30.5 Å². The molecule has 0 aromatic carbocycles. The van der Waals surface area contributed by atoms with Gasteiger partial charge in [-0.2, -0.15) is 4.98 Å². The van der Waals surface area contributed by atoms with E-state index in [9.17, 15) is 0 Å². The number of rotatable bonds is 1. The molecule has 0 fully saturated rings. The maximum absolute atomic E-state index is 8.89. The van der Waals surface area contributed by atoms with E-state index in [1.165, 1.54) is 6.33 Å². The van der Waals surface area contributed by atoms with E-state index in [2.05, 4.69) is 42.6 Å². The van der Waals surface area contributed by atoms with Crippen molar-refractivity contribution in [2.24, 2.45) is 0 Å².